The van der Waals surface area contributed by atoms with Crippen molar-refractivity contribution in [3.63, 3.8) is 0 Å². The number of aromatic nitrogens is 2. The first-order valence-corrected chi connectivity index (χ1v) is 6.82. The van der Waals surface area contributed by atoms with Gasteiger partial charge in [-0.2, -0.15) is 0 Å². The second-order valence-corrected chi connectivity index (χ2v) is 6.05. The molecule has 0 unspecified atom stereocenters. The van der Waals surface area contributed by atoms with Crippen molar-refractivity contribution in [3.8, 4) is 12.3 Å². The second-order valence-electron chi connectivity index (χ2n) is 6.05. The number of amides is 1. The quantitative estimate of drug-likeness (QED) is 0.795. The first-order chi connectivity index (χ1) is 9.40. The van der Waals surface area contributed by atoms with Crippen LogP contribution in [0.5, 0.6) is 0 Å². The largest absolute Gasteiger partial charge is 0.444 e. The number of hydrogen-bond donors (Lipinski definition) is 0. The summed E-state index contributed by atoms with van der Waals surface area (Å²) < 4.78 is 7.41. The number of aryl methyl sites for hydroxylation is 1. The average molecular weight is 275 g/mol. The second kappa shape index (κ2) is 5.58. The van der Waals surface area contributed by atoms with E-state index in [1.54, 1.807) is 11.2 Å². The molecule has 1 aromatic heterocycles. The van der Waals surface area contributed by atoms with Gasteiger partial charge in [0.05, 0.1) is 6.33 Å². The van der Waals surface area contributed by atoms with E-state index >= 15 is 0 Å². The van der Waals surface area contributed by atoms with E-state index in [1.165, 1.54) is 0 Å². The number of hydrogen-bond acceptors (Lipinski definition) is 3. The zero-order valence-electron chi connectivity index (χ0n) is 12.3. The van der Waals surface area contributed by atoms with Gasteiger partial charge in [-0.3, -0.25) is 0 Å². The van der Waals surface area contributed by atoms with Crippen LogP contribution in [-0.2, 0) is 11.3 Å². The Bertz CT molecular complexity index is 516. The Hall–Kier alpha value is -1.96. The van der Waals surface area contributed by atoms with Crippen molar-refractivity contribution in [2.24, 2.45) is 0 Å². The highest BCUT2D eigenvalue weighted by Crippen LogP contribution is 2.28. The highest BCUT2D eigenvalue weighted by Gasteiger charge is 2.35. The van der Waals surface area contributed by atoms with E-state index in [2.05, 4.69) is 15.5 Å². The molecule has 5 heteroatoms. The molecule has 5 nitrogen and oxygen atoms in total. The summed E-state index contributed by atoms with van der Waals surface area (Å²) in [5.74, 6) is 2.95. The number of carbonyl (C=O) groups excluding carboxylic acids is 1. The molecule has 0 bridgehead atoms. The normalized spacial score (nSPS) is 15.6. The van der Waals surface area contributed by atoms with Crippen molar-refractivity contribution < 1.29 is 9.53 Å². The lowest BCUT2D eigenvalue weighted by Crippen LogP contribution is -2.50. The molecule has 1 saturated heterocycles. The number of ether oxygens (including phenoxy) is 1. The molecule has 2 rings (SSSR count). The van der Waals surface area contributed by atoms with Gasteiger partial charge in [0.15, 0.2) is 0 Å². The summed E-state index contributed by atoms with van der Waals surface area (Å²) in [7, 11) is 0. The molecule has 0 spiro atoms. The fourth-order valence-corrected chi connectivity index (χ4v) is 2.18. The molecule has 0 radical (unpaired) electrons. The van der Waals surface area contributed by atoms with Gasteiger partial charge in [-0.15, -0.1) is 12.3 Å². The fourth-order valence-electron chi connectivity index (χ4n) is 2.18. The predicted octanol–water partition coefficient (Wildman–Crippen LogP) is 2.24. The lowest BCUT2D eigenvalue weighted by atomic mass is 9.97. The van der Waals surface area contributed by atoms with Crippen LogP contribution < -0.4 is 0 Å². The van der Waals surface area contributed by atoms with Crippen molar-refractivity contribution in [1.29, 1.82) is 0 Å². The molecule has 1 aliphatic heterocycles. The van der Waals surface area contributed by atoms with Gasteiger partial charge in [-0.05, 0) is 20.8 Å². The summed E-state index contributed by atoms with van der Waals surface area (Å²) in [5.41, 5.74) is 0.691. The van der Waals surface area contributed by atoms with Crippen molar-refractivity contribution in [3.05, 3.63) is 18.2 Å². The van der Waals surface area contributed by atoms with Gasteiger partial charge in [0.25, 0.3) is 0 Å². The molecule has 108 valence electrons. The Morgan fingerprint density at radius 1 is 1.55 bits per heavy atom. The van der Waals surface area contributed by atoms with E-state index in [-0.39, 0.29) is 6.09 Å². The van der Waals surface area contributed by atoms with Crippen molar-refractivity contribution in [2.45, 2.75) is 45.3 Å². The summed E-state index contributed by atoms with van der Waals surface area (Å²) in [6.45, 7) is 7.74. The molecule has 1 aromatic rings. The van der Waals surface area contributed by atoms with Crippen LogP contribution in [0.25, 0.3) is 0 Å². The van der Waals surface area contributed by atoms with Gasteiger partial charge in [-0.25, -0.2) is 9.78 Å². The van der Waals surface area contributed by atoms with E-state index in [4.69, 9.17) is 11.2 Å². The Balaban J connectivity index is 1.89. The zero-order chi connectivity index (χ0) is 14.8. The molecule has 0 aliphatic carbocycles. The van der Waals surface area contributed by atoms with Crippen LogP contribution >= 0.6 is 0 Å². The minimum atomic E-state index is -0.448. The number of carbonyl (C=O) groups is 1. The smallest absolute Gasteiger partial charge is 0.410 e. The summed E-state index contributed by atoms with van der Waals surface area (Å²) in [4.78, 5) is 17.8. The van der Waals surface area contributed by atoms with Gasteiger partial charge in [0.1, 0.15) is 5.60 Å². The van der Waals surface area contributed by atoms with Gasteiger partial charge in [-0.1, -0.05) is 0 Å². The highest BCUT2D eigenvalue weighted by molar-refractivity contribution is 5.69. The van der Waals surface area contributed by atoms with Crippen LogP contribution in [0.4, 0.5) is 4.79 Å². The van der Waals surface area contributed by atoms with E-state index in [1.807, 2.05) is 27.0 Å². The van der Waals surface area contributed by atoms with Gasteiger partial charge < -0.3 is 14.2 Å². The number of likely N-dealkylation sites (tertiary alicyclic amines) is 1. The fraction of sp³-hybridized carbons (Fsp3) is 0.600. The maximum absolute atomic E-state index is 11.9. The molecule has 1 fully saturated rings. The number of nitrogens with zero attached hydrogens (tertiary/aromatic N) is 3. The maximum Gasteiger partial charge on any atom is 0.410 e. The minimum Gasteiger partial charge on any atom is -0.444 e. The monoisotopic (exact) mass is 275 g/mol. The Morgan fingerprint density at radius 3 is 2.85 bits per heavy atom. The molecule has 0 saturated carbocycles. The first kappa shape index (κ1) is 14.4. The van der Waals surface area contributed by atoms with Crippen LogP contribution in [0.15, 0.2) is 12.5 Å². The van der Waals surface area contributed by atoms with Crippen LogP contribution in [0.2, 0.25) is 0 Å². The molecule has 0 N–H and O–H groups in total. The summed E-state index contributed by atoms with van der Waals surface area (Å²) in [6, 6.07) is 0. The summed E-state index contributed by atoms with van der Waals surface area (Å²) in [5, 5.41) is 0. The lowest BCUT2D eigenvalue weighted by molar-refractivity contribution is 0.00759. The molecule has 0 aromatic carbocycles. The molecule has 2 heterocycles. The molecular formula is C15H21N3O2. The topological polar surface area (TPSA) is 47.4 Å². The number of terminal acetylenes is 1. The number of imidazole rings is 1. The highest BCUT2D eigenvalue weighted by atomic mass is 16.6. The van der Waals surface area contributed by atoms with Gasteiger partial charge in [0.2, 0.25) is 0 Å². The lowest BCUT2D eigenvalue weighted by Gasteiger charge is -2.39. The van der Waals surface area contributed by atoms with E-state index in [0.717, 1.165) is 12.2 Å². The number of rotatable bonds is 3. The summed E-state index contributed by atoms with van der Waals surface area (Å²) >= 11 is 0. The molecule has 1 aliphatic rings. The molecule has 1 amide bonds. The minimum absolute atomic E-state index is 0.247. The molecular weight excluding hydrogens is 254 g/mol. The maximum atomic E-state index is 11.9. The van der Waals surface area contributed by atoms with Crippen LogP contribution in [0, 0.1) is 12.3 Å². The van der Waals surface area contributed by atoms with Crippen LogP contribution in [0.1, 0.15) is 38.8 Å². The zero-order valence-corrected chi connectivity index (χ0v) is 12.3. The average Bonchev–Trinajstić information content (AvgIpc) is 2.70. The predicted molar refractivity (Wildman–Crippen MR) is 76.2 cm³/mol. The third-order valence-electron chi connectivity index (χ3n) is 3.19. The van der Waals surface area contributed by atoms with Crippen molar-refractivity contribution >= 4 is 6.09 Å². The SMILES string of the molecule is C#CCCn1cncc1C1CN(C(=O)OC(C)(C)C)C1. The van der Waals surface area contributed by atoms with Crippen molar-refractivity contribution in [2.75, 3.05) is 13.1 Å². The molecule has 0 atom stereocenters. The van der Waals surface area contributed by atoms with E-state index in [0.29, 0.717) is 25.4 Å². The molecule has 20 heavy (non-hydrogen) atoms. The van der Waals surface area contributed by atoms with E-state index < -0.39 is 5.60 Å². The summed E-state index contributed by atoms with van der Waals surface area (Å²) in [6.07, 6.45) is 9.37. The van der Waals surface area contributed by atoms with Gasteiger partial charge in [0, 0.05) is 43.9 Å². The van der Waals surface area contributed by atoms with Gasteiger partial charge >= 0.3 is 6.09 Å². The Labute approximate surface area is 119 Å². The van der Waals surface area contributed by atoms with E-state index in [9.17, 15) is 4.79 Å². The standard InChI is InChI=1S/C15H21N3O2/c1-5-6-7-17-11-16-8-13(17)12-9-18(10-12)14(19)20-15(2,3)4/h1,8,11-12H,6-7,9-10H2,2-4H3. The third kappa shape index (κ3) is 3.32. The first-order valence-electron chi connectivity index (χ1n) is 6.82. The van der Waals surface area contributed by atoms with Crippen LogP contribution in [0.3, 0.4) is 0 Å². The Kier molecular flexibility index (Phi) is 4.03. The Morgan fingerprint density at radius 2 is 2.25 bits per heavy atom. The third-order valence-corrected chi connectivity index (χ3v) is 3.19. The van der Waals surface area contributed by atoms with Crippen molar-refractivity contribution in [1.82, 2.24) is 14.5 Å². The van der Waals surface area contributed by atoms with Crippen LogP contribution in [-0.4, -0.2) is 39.2 Å².